The van der Waals surface area contributed by atoms with Gasteiger partial charge in [0.25, 0.3) is 0 Å². The Morgan fingerprint density at radius 1 is 1.28 bits per heavy atom. The molecule has 18 heavy (non-hydrogen) atoms. The first-order valence-electron chi connectivity index (χ1n) is 6.68. The van der Waals surface area contributed by atoms with Crippen LogP contribution in [0.3, 0.4) is 0 Å². The van der Waals surface area contributed by atoms with Gasteiger partial charge >= 0.3 is 0 Å². The second-order valence-corrected chi connectivity index (χ2v) is 4.58. The van der Waals surface area contributed by atoms with Gasteiger partial charge in [-0.25, -0.2) is 0 Å². The van der Waals surface area contributed by atoms with Crippen LogP contribution in [0, 0.1) is 0 Å². The molecule has 1 N–H and O–H groups in total. The van der Waals surface area contributed by atoms with Crippen molar-refractivity contribution in [3.8, 4) is 0 Å². The SMILES string of the molecule is CCCC(C)Nc1cccc(COCCOC)c1. The first-order chi connectivity index (χ1) is 8.76. The monoisotopic (exact) mass is 251 g/mol. The van der Waals surface area contributed by atoms with Gasteiger partial charge in [-0.05, 0) is 31.0 Å². The van der Waals surface area contributed by atoms with Crippen LogP contribution in [-0.4, -0.2) is 26.4 Å². The van der Waals surface area contributed by atoms with E-state index in [1.165, 1.54) is 24.1 Å². The number of benzene rings is 1. The normalized spacial score (nSPS) is 12.4. The maximum absolute atomic E-state index is 5.51. The molecule has 0 aliphatic heterocycles. The smallest absolute Gasteiger partial charge is 0.0718 e. The number of nitrogens with one attached hydrogen (secondary N) is 1. The van der Waals surface area contributed by atoms with E-state index in [4.69, 9.17) is 9.47 Å². The highest BCUT2D eigenvalue weighted by atomic mass is 16.5. The average Bonchev–Trinajstić information content (AvgIpc) is 2.35. The average molecular weight is 251 g/mol. The molecule has 0 radical (unpaired) electrons. The molecule has 0 spiro atoms. The third-order valence-corrected chi connectivity index (χ3v) is 2.76. The second kappa shape index (κ2) is 8.95. The highest BCUT2D eigenvalue weighted by Crippen LogP contribution is 2.14. The number of anilines is 1. The summed E-state index contributed by atoms with van der Waals surface area (Å²) in [5, 5.41) is 3.50. The maximum Gasteiger partial charge on any atom is 0.0718 e. The minimum atomic E-state index is 0.514. The highest BCUT2D eigenvalue weighted by molar-refractivity contribution is 5.46. The second-order valence-electron chi connectivity index (χ2n) is 4.58. The molecule has 1 aromatic rings. The van der Waals surface area contributed by atoms with E-state index in [-0.39, 0.29) is 0 Å². The van der Waals surface area contributed by atoms with Crippen molar-refractivity contribution in [2.24, 2.45) is 0 Å². The van der Waals surface area contributed by atoms with Crippen molar-refractivity contribution in [3.63, 3.8) is 0 Å². The topological polar surface area (TPSA) is 30.5 Å². The van der Waals surface area contributed by atoms with Crippen molar-refractivity contribution in [1.29, 1.82) is 0 Å². The lowest BCUT2D eigenvalue weighted by Crippen LogP contribution is -2.14. The molecule has 0 aliphatic rings. The molecule has 1 rings (SSSR count). The van der Waals surface area contributed by atoms with Crippen LogP contribution in [0.5, 0.6) is 0 Å². The van der Waals surface area contributed by atoms with Gasteiger partial charge in [0.2, 0.25) is 0 Å². The van der Waals surface area contributed by atoms with Gasteiger partial charge < -0.3 is 14.8 Å². The number of methoxy groups -OCH3 is 1. The minimum Gasteiger partial charge on any atom is -0.383 e. The van der Waals surface area contributed by atoms with Crippen LogP contribution in [-0.2, 0) is 16.1 Å². The molecule has 1 atom stereocenters. The molecule has 0 fully saturated rings. The molecule has 0 aliphatic carbocycles. The van der Waals surface area contributed by atoms with Crippen LogP contribution in [0.15, 0.2) is 24.3 Å². The fourth-order valence-electron chi connectivity index (χ4n) is 1.87. The van der Waals surface area contributed by atoms with Gasteiger partial charge in [-0.3, -0.25) is 0 Å². The van der Waals surface area contributed by atoms with E-state index in [1.54, 1.807) is 7.11 Å². The molecular weight excluding hydrogens is 226 g/mol. The molecule has 1 unspecified atom stereocenters. The molecule has 0 bridgehead atoms. The summed E-state index contributed by atoms with van der Waals surface area (Å²) in [6, 6.07) is 8.92. The lowest BCUT2D eigenvalue weighted by Gasteiger charge is -2.15. The molecule has 1 aromatic carbocycles. The lowest BCUT2D eigenvalue weighted by atomic mass is 10.1. The van der Waals surface area contributed by atoms with E-state index in [2.05, 4.69) is 43.4 Å². The summed E-state index contributed by atoms with van der Waals surface area (Å²) in [6.45, 7) is 6.34. The fraction of sp³-hybridized carbons (Fsp3) is 0.600. The third kappa shape index (κ3) is 6.03. The van der Waals surface area contributed by atoms with E-state index in [0.717, 1.165) is 0 Å². The summed E-state index contributed by atoms with van der Waals surface area (Å²) in [5.74, 6) is 0. The van der Waals surface area contributed by atoms with Gasteiger partial charge in [0.15, 0.2) is 0 Å². The van der Waals surface area contributed by atoms with Crippen molar-refractivity contribution in [2.75, 3.05) is 25.6 Å². The van der Waals surface area contributed by atoms with Gasteiger partial charge in [-0.2, -0.15) is 0 Å². The molecule has 0 saturated heterocycles. The molecular formula is C15H25NO2. The Morgan fingerprint density at radius 2 is 2.11 bits per heavy atom. The Kier molecular flexibility index (Phi) is 7.46. The Labute approximate surface area is 110 Å². The van der Waals surface area contributed by atoms with E-state index < -0.39 is 0 Å². The van der Waals surface area contributed by atoms with Crippen molar-refractivity contribution < 1.29 is 9.47 Å². The minimum absolute atomic E-state index is 0.514. The fourth-order valence-corrected chi connectivity index (χ4v) is 1.87. The zero-order valence-electron chi connectivity index (χ0n) is 11.7. The highest BCUT2D eigenvalue weighted by Gasteiger charge is 2.01. The predicted octanol–water partition coefficient (Wildman–Crippen LogP) is 3.45. The number of rotatable bonds is 9. The van der Waals surface area contributed by atoms with Crippen LogP contribution < -0.4 is 5.32 Å². The van der Waals surface area contributed by atoms with Gasteiger partial charge in [0.1, 0.15) is 0 Å². The summed E-state index contributed by atoms with van der Waals surface area (Å²) < 4.78 is 10.5. The number of hydrogen-bond acceptors (Lipinski definition) is 3. The summed E-state index contributed by atoms with van der Waals surface area (Å²) in [4.78, 5) is 0. The van der Waals surface area contributed by atoms with Crippen LogP contribution in [0.1, 0.15) is 32.3 Å². The molecule has 0 aromatic heterocycles. The maximum atomic E-state index is 5.51. The van der Waals surface area contributed by atoms with Crippen molar-refractivity contribution >= 4 is 5.69 Å². The largest absolute Gasteiger partial charge is 0.383 e. The van der Waals surface area contributed by atoms with Crippen LogP contribution in [0.25, 0.3) is 0 Å². The summed E-state index contributed by atoms with van der Waals surface area (Å²) in [5.41, 5.74) is 2.36. The molecule has 3 nitrogen and oxygen atoms in total. The third-order valence-electron chi connectivity index (χ3n) is 2.76. The zero-order chi connectivity index (χ0) is 13.2. The molecule has 3 heteroatoms. The Balaban J connectivity index is 2.41. The Hall–Kier alpha value is -1.06. The van der Waals surface area contributed by atoms with Gasteiger partial charge in [-0.1, -0.05) is 25.5 Å². The predicted molar refractivity (Wildman–Crippen MR) is 76.0 cm³/mol. The van der Waals surface area contributed by atoms with E-state index >= 15 is 0 Å². The summed E-state index contributed by atoms with van der Waals surface area (Å²) in [7, 11) is 1.68. The zero-order valence-corrected chi connectivity index (χ0v) is 11.7. The summed E-state index contributed by atoms with van der Waals surface area (Å²) >= 11 is 0. The summed E-state index contributed by atoms with van der Waals surface area (Å²) in [6.07, 6.45) is 2.39. The van der Waals surface area contributed by atoms with Gasteiger partial charge in [-0.15, -0.1) is 0 Å². The van der Waals surface area contributed by atoms with Gasteiger partial charge in [0.05, 0.1) is 19.8 Å². The number of ether oxygens (including phenoxy) is 2. The number of hydrogen-bond donors (Lipinski definition) is 1. The molecule has 0 saturated carbocycles. The Morgan fingerprint density at radius 3 is 2.83 bits per heavy atom. The lowest BCUT2D eigenvalue weighted by molar-refractivity contribution is 0.0617. The molecule has 0 heterocycles. The van der Waals surface area contributed by atoms with Crippen LogP contribution in [0.2, 0.25) is 0 Å². The van der Waals surface area contributed by atoms with Crippen LogP contribution in [0.4, 0.5) is 5.69 Å². The van der Waals surface area contributed by atoms with Crippen LogP contribution >= 0.6 is 0 Å². The van der Waals surface area contributed by atoms with E-state index in [9.17, 15) is 0 Å². The molecule has 0 amide bonds. The standard InChI is InChI=1S/C15H25NO2/c1-4-6-13(2)16-15-8-5-7-14(11-15)12-18-10-9-17-3/h5,7-8,11,13,16H,4,6,9-10,12H2,1-3H3. The van der Waals surface area contributed by atoms with E-state index in [1.807, 2.05) is 0 Å². The molecule has 102 valence electrons. The Bertz CT molecular complexity index is 328. The van der Waals surface area contributed by atoms with Crippen molar-refractivity contribution in [3.05, 3.63) is 29.8 Å². The van der Waals surface area contributed by atoms with Gasteiger partial charge in [0, 0.05) is 18.8 Å². The van der Waals surface area contributed by atoms with E-state index in [0.29, 0.717) is 25.9 Å². The quantitative estimate of drug-likeness (QED) is 0.682. The van der Waals surface area contributed by atoms with Crippen molar-refractivity contribution in [2.45, 2.75) is 39.3 Å². The first kappa shape index (κ1) is 15.0. The first-order valence-corrected chi connectivity index (χ1v) is 6.68. The van der Waals surface area contributed by atoms with Crippen molar-refractivity contribution in [1.82, 2.24) is 0 Å².